The summed E-state index contributed by atoms with van der Waals surface area (Å²) in [6.45, 7) is 1.86. The predicted molar refractivity (Wildman–Crippen MR) is 144 cm³/mol. The number of nitrogens with one attached hydrogen (secondary N) is 2. The van der Waals surface area contributed by atoms with Gasteiger partial charge in [-0.3, -0.25) is 10.1 Å². The molecule has 0 saturated heterocycles. The number of benzene rings is 3. The Balaban J connectivity index is 1.25. The van der Waals surface area contributed by atoms with Gasteiger partial charge in [0.2, 0.25) is 11.0 Å². The van der Waals surface area contributed by atoms with Gasteiger partial charge in [0.05, 0.1) is 11.8 Å². The average Bonchev–Trinajstić information content (AvgIpc) is 3.54. The Bertz CT molecular complexity index is 1740. The molecule has 38 heavy (non-hydrogen) atoms. The van der Waals surface area contributed by atoms with Crippen molar-refractivity contribution in [2.45, 2.75) is 18.2 Å². The zero-order valence-corrected chi connectivity index (χ0v) is 21.7. The van der Waals surface area contributed by atoms with Crippen LogP contribution in [0.15, 0.2) is 83.8 Å². The molecule has 5 rings (SSSR count). The Morgan fingerprint density at radius 2 is 1.87 bits per heavy atom. The van der Waals surface area contributed by atoms with Crippen molar-refractivity contribution in [1.82, 2.24) is 15.2 Å². The molecule has 0 saturated carbocycles. The van der Waals surface area contributed by atoms with E-state index < -0.39 is 21.9 Å². The second-order valence-electron chi connectivity index (χ2n) is 8.56. The normalized spacial score (nSPS) is 12.1. The fourth-order valence-corrected chi connectivity index (χ4v) is 5.44. The number of fused-ring (bicyclic) bond motifs is 1. The molecular weight excluding hydrogens is 522 g/mol. The van der Waals surface area contributed by atoms with E-state index in [1.807, 2.05) is 43.3 Å². The summed E-state index contributed by atoms with van der Waals surface area (Å²) < 4.78 is 30.5. The fraction of sp³-hybridized carbons (Fsp3) is 0.111. The lowest BCUT2D eigenvalue weighted by atomic mass is 10.00. The number of aryl methyl sites for hydroxylation is 1. The molecule has 2 heterocycles. The fourth-order valence-electron chi connectivity index (χ4n) is 3.80. The number of H-pyrrole nitrogens is 1. The molecule has 0 fully saturated rings. The van der Waals surface area contributed by atoms with Gasteiger partial charge in [0.1, 0.15) is 16.6 Å². The third-order valence-corrected chi connectivity index (χ3v) is 7.88. The number of para-hydroxylation sites is 1. The molecule has 0 aliphatic rings. The number of aromatic amines is 1. The Kier molecular flexibility index (Phi) is 6.91. The van der Waals surface area contributed by atoms with E-state index in [1.54, 1.807) is 24.3 Å². The van der Waals surface area contributed by atoms with Gasteiger partial charge < -0.3 is 9.17 Å². The van der Waals surface area contributed by atoms with E-state index in [-0.39, 0.29) is 22.2 Å². The van der Waals surface area contributed by atoms with Crippen LogP contribution in [0.3, 0.4) is 0 Å². The maximum Gasteiger partial charge on any atom is 0.339 e. The van der Waals surface area contributed by atoms with E-state index in [1.165, 1.54) is 35.6 Å². The first-order valence-electron chi connectivity index (χ1n) is 11.5. The Morgan fingerprint density at radius 3 is 2.63 bits per heavy atom. The maximum absolute atomic E-state index is 12.8. The molecule has 1 amide bonds. The zero-order valence-electron chi connectivity index (χ0n) is 20.1. The van der Waals surface area contributed by atoms with Crippen LogP contribution in [-0.2, 0) is 21.3 Å². The lowest BCUT2D eigenvalue weighted by Crippen LogP contribution is -2.23. The first-order chi connectivity index (χ1) is 18.3. The summed E-state index contributed by atoms with van der Waals surface area (Å²) in [5.74, 6) is -1.49. The number of carbonyl (C=O) groups is 1. The number of aromatic nitrogens is 3. The second kappa shape index (κ2) is 10.5. The van der Waals surface area contributed by atoms with Crippen LogP contribution in [0.2, 0.25) is 0 Å². The largest absolute Gasteiger partial charge is 0.379 e. The van der Waals surface area contributed by atoms with Gasteiger partial charge in [-0.05, 0) is 55.3 Å². The van der Waals surface area contributed by atoms with E-state index in [0.717, 1.165) is 22.2 Å². The van der Waals surface area contributed by atoms with Crippen molar-refractivity contribution in [2.75, 3.05) is 5.32 Å². The molecule has 3 aromatic carbocycles. The molecule has 0 aliphatic carbocycles. The SMILES string of the molecule is Cc1ccc(S(=O)(=O)Oc2cccc(CC(C#N)C(=O)Nc3nnc(-c4cc5ccccc5[nH]4)s3)c2)cc1. The third-order valence-electron chi connectivity index (χ3n) is 5.74. The summed E-state index contributed by atoms with van der Waals surface area (Å²) in [5, 5.41) is 22.4. The summed E-state index contributed by atoms with van der Waals surface area (Å²) >= 11 is 1.19. The zero-order chi connectivity index (χ0) is 26.7. The van der Waals surface area contributed by atoms with Gasteiger partial charge in [-0.15, -0.1) is 10.2 Å². The van der Waals surface area contributed by atoms with E-state index >= 15 is 0 Å². The number of nitrogens with zero attached hydrogens (tertiary/aromatic N) is 3. The van der Waals surface area contributed by atoms with E-state index in [0.29, 0.717) is 10.6 Å². The van der Waals surface area contributed by atoms with Crippen molar-refractivity contribution in [1.29, 1.82) is 5.26 Å². The number of nitriles is 1. The molecule has 11 heteroatoms. The quantitative estimate of drug-likeness (QED) is 0.260. The predicted octanol–water partition coefficient (Wildman–Crippen LogP) is 5.08. The van der Waals surface area contributed by atoms with Crippen LogP contribution < -0.4 is 9.50 Å². The number of anilines is 1. The molecule has 2 aromatic heterocycles. The van der Waals surface area contributed by atoms with Crippen LogP contribution in [0.5, 0.6) is 5.75 Å². The van der Waals surface area contributed by atoms with Crippen LogP contribution >= 0.6 is 11.3 Å². The highest BCUT2D eigenvalue weighted by molar-refractivity contribution is 7.87. The standard InChI is InChI=1S/C27H21N5O4S2/c1-17-9-11-22(12-10-17)38(34,35)36-21-7-4-5-18(14-21)13-20(16-28)25(33)30-27-32-31-26(37-27)24-15-19-6-2-3-8-23(19)29-24/h2-12,14-15,20,29H,13H2,1H3,(H,30,32,33). The van der Waals surface area contributed by atoms with E-state index in [9.17, 15) is 18.5 Å². The maximum atomic E-state index is 12.8. The molecule has 190 valence electrons. The Hall–Kier alpha value is -4.53. The summed E-state index contributed by atoms with van der Waals surface area (Å²) in [4.78, 5) is 16.1. The third kappa shape index (κ3) is 5.56. The summed E-state index contributed by atoms with van der Waals surface area (Å²) in [7, 11) is -4.03. The topological polar surface area (TPSA) is 138 Å². The summed E-state index contributed by atoms with van der Waals surface area (Å²) in [6.07, 6.45) is 0.0534. The van der Waals surface area contributed by atoms with Gasteiger partial charge in [-0.2, -0.15) is 13.7 Å². The molecule has 9 nitrogen and oxygen atoms in total. The van der Waals surface area contributed by atoms with Crippen LogP contribution in [-0.4, -0.2) is 29.5 Å². The first-order valence-corrected chi connectivity index (χ1v) is 13.8. The van der Waals surface area contributed by atoms with Crippen molar-refractivity contribution in [3.05, 3.63) is 90.0 Å². The molecule has 0 bridgehead atoms. The van der Waals surface area contributed by atoms with Crippen molar-refractivity contribution in [2.24, 2.45) is 5.92 Å². The molecule has 0 spiro atoms. The van der Waals surface area contributed by atoms with Gasteiger partial charge in [-0.25, -0.2) is 0 Å². The number of hydrogen-bond acceptors (Lipinski definition) is 8. The monoisotopic (exact) mass is 543 g/mol. The summed E-state index contributed by atoms with van der Waals surface area (Å²) in [5.41, 5.74) is 3.23. The van der Waals surface area contributed by atoms with Gasteiger partial charge in [0.25, 0.3) is 0 Å². The van der Waals surface area contributed by atoms with E-state index in [2.05, 4.69) is 20.5 Å². The lowest BCUT2D eigenvalue weighted by molar-refractivity contribution is -0.118. The molecule has 2 N–H and O–H groups in total. The molecule has 1 atom stereocenters. The van der Waals surface area contributed by atoms with Crippen molar-refractivity contribution >= 4 is 43.4 Å². The van der Waals surface area contributed by atoms with Gasteiger partial charge in [0, 0.05) is 10.9 Å². The Morgan fingerprint density at radius 1 is 1.08 bits per heavy atom. The highest BCUT2D eigenvalue weighted by atomic mass is 32.2. The highest BCUT2D eigenvalue weighted by Gasteiger charge is 2.22. The van der Waals surface area contributed by atoms with Crippen LogP contribution in [0.1, 0.15) is 11.1 Å². The number of carbonyl (C=O) groups excluding carboxylic acids is 1. The Labute approximate surface area is 222 Å². The average molecular weight is 544 g/mol. The lowest BCUT2D eigenvalue weighted by Gasteiger charge is -2.11. The molecule has 5 aromatic rings. The molecule has 1 unspecified atom stereocenters. The van der Waals surface area contributed by atoms with Crippen LogP contribution in [0, 0.1) is 24.2 Å². The minimum Gasteiger partial charge on any atom is -0.379 e. The minimum atomic E-state index is -4.03. The molecule has 0 radical (unpaired) electrons. The van der Waals surface area contributed by atoms with Crippen molar-refractivity contribution < 1.29 is 17.4 Å². The van der Waals surface area contributed by atoms with Gasteiger partial charge in [-0.1, -0.05) is 59.4 Å². The van der Waals surface area contributed by atoms with E-state index in [4.69, 9.17) is 4.18 Å². The number of rotatable bonds is 8. The van der Waals surface area contributed by atoms with Gasteiger partial charge >= 0.3 is 10.1 Å². The number of amides is 1. The van der Waals surface area contributed by atoms with Crippen LogP contribution in [0.4, 0.5) is 5.13 Å². The first kappa shape index (κ1) is 25.1. The van der Waals surface area contributed by atoms with Crippen LogP contribution in [0.25, 0.3) is 21.6 Å². The molecule has 0 aliphatic heterocycles. The smallest absolute Gasteiger partial charge is 0.339 e. The minimum absolute atomic E-state index is 0.0339. The summed E-state index contributed by atoms with van der Waals surface area (Å²) in [6, 6.07) is 24.4. The molecular formula is C27H21N5O4S2. The van der Waals surface area contributed by atoms with Crippen molar-refractivity contribution in [3.63, 3.8) is 0 Å². The van der Waals surface area contributed by atoms with Crippen molar-refractivity contribution in [3.8, 4) is 22.5 Å². The highest BCUT2D eigenvalue weighted by Crippen LogP contribution is 2.29. The number of hydrogen-bond donors (Lipinski definition) is 2. The second-order valence-corrected chi connectivity index (χ2v) is 11.1. The van der Waals surface area contributed by atoms with Gasteiger partial charge in [0.15, 0.2) is 5.01 Å².